The average molecular weight is 294 g/mol. The lowest BCUT2D eigenvalue weighted by atomic mass is 10.2. The van der Waals surface area contributed by atoms with Gasteiger partial charge in [0.2, 0.25) is 10.0 Å². The Morgan fingerprint density at radius 1 is 1.12 bits per heavy atom. The topological polar surface area (TPSA) is 37.4 Å². The molecule has 0 spiro atoms. The zero-order valence-electron chi connectivity index (χ0n) is 9.20. The van der Waals surface area contributed by atoms with Crippen molar-refractivity contribution in [3.63, 3.8) is 0 Å². The van der Waals surface area contributed by atoms with Crippen LogP contribution in [-0.4, -0.2) is 25.8 Å². The summed E-state index contributed by atoms with van der Waals surface area (Å²) < 4.78 is 25.7. The fourth-order valence-corrected chi connectivity index (χ4v) is 4.27. The standard InChI is InChI=1S/C11H13Cl2NO2S/c12-10-4-3-5-11(13)9(10)8-17(15,16)14-6-1-2-7-14/h3-5H,1-2,6-8H2. The summed E-state index contributed by atoms with van der Waals surface area (Å²) in [6, 6.07) is 5.02. The Morgan fingerprint density at radius 3 is 2.18 bits per heavy atom. The third-order valence-electron chi connectivity index (χ3n) is 2.85. The highest BCUT2D eigenvalue weighted by Gasteiger charge is 2.26. The normalized spacial score (nSPS) is 17.5. The van der Waals surface area contributed by atoms with Crippen LogP contribution in [0.2, 0.25) is 10.0 Å². The van der Waals surface area contributed by atoms with E-state index in [-0.39, 0.29) is 5.75 Å². The molecule has 0 radical (unpaired) electrons. The maximum Gasteiger partial charge on any atom is 0.218 e. The van der Waals surface area contributed by atoms with Gasteiger partial charge in [0.1, 0.15) is 0 Å². The summed E-state index contributed by atoms with van der Waals surface area (Å²) in [7, 11) is -3.29. The Hall–Kier alpha value is -0.290. The highest BCUT2D eigenvalue weighted by Crippen LogP contribution is 2.28. The summed E-state index contributed by atoms with van der Waals surface area (Å²) in [5, 5.41) is 0.806. The van der Waals surface area contributed by atoms with Gasteiger partial charge in [-0.3, -0.25) is 0 Å². The molecule has 0 amide bonds. The first-order chi connectivity index (χ1) is 8.00. The van der Waals surface area contributed by atoms with E-state index in [1.54, 1.807) is 18.2 Å². The molecule has 3 nitrogen and oxygen atoms in total. The Bertz CT molecular complexity index is 490. The number of nitrogens with zero attached hydrogens (tertiary/aromatic N) is 1. The molecule has 1 saturated heterocycles. The maximum atomic E-state index is 12.1. The number of hydrogen-bond donors (Lipinski definition) is 0. The Balaban J connectivity index is 2.26. The van der Waals surface area contributed by atoms with Crippen LogP contribution in [0.25, 0.3) is 0 Å². The quantitative estimate of drug-likeness (QED) is 0.859. The molecule has 1 fully saturated rings. The smallest absolute Gasteiger partial charge is 0.212 e. The molecule has 0 aromatic heterocycles. The molecular weight excluding hydrogens is 281 g/mol. The van der Waals surface area contributed by atoms with Gasteiger partial charge in [0.05, 0.1) is 5.75 Å². The van der Waals surface area contributed by atoms with Crippen LogP contribution in [-0.2, 0) is 15.8 Å². The van der Waals surface area contributed by atoms with Crippen LogP contribution in [0.4, 0.5) is 0 Å². The summed E-state index contributed by atoms with van der Waals surface area (Å²) in [6.45, 7) is 1.20. The number of benzene rings is 1. The lowest BCUT2D eigenvalue weighted by molar-refractivity contribution is 0.476. The van der Waals surface area contributed by atoms with Gasteiger partial charge in [-0.1, -0.05) is 29.3 Å². The molecule has 0 bridgehead atoms. The lowest BCUT2D eigenvalue weighted by Crippen LogP contribution is -2.29. The lowest BCUT2D eigenvalue weighted by Gasteiger charge is -2.16. The second-order valence-electron chi connectivity index (χ2n) is 4.06. The fourth-order valence-electron chi connectivity index (χ4n) is 1.91. The Morgan fingerprint density at radius 2 is 1.65 bits per heavy atom. The van der Waals surface area contributed by atoms with Crippen molar-refractivity contribution in [2.24, 2.45) is 0 Å². The Labute approximate surface area is 111 Å². The average Bonchev–Trinajstić information content (AvgIpc) is 2.77. The molecular formula is C11H13Cl2NO2S. The molecule has 0 atom stereocenters. The Kier molecular flexibility index (Phi) is 3.98. The highest BCUT2D eigenvalue weighted by molar-refractivity contribution is 7.88. The van der Waals surface area contributed by atoms with Crippen molar-refractivity contribution in [3.05, 3.63) is 33.8 Å². The van der Waals surface area contributed by atoms with Crippen molar-refractivity contribution in [3.8, 4) is 0 Å². The highest BCUT2D eigenvalue weighted by atomic mass is 35.5. The molecule has 1 heterocycles. The van der Waals surface area contributed by atoms with Crippen LogP contribution in [0.1, 0.15) is 18.4 Å². The van der Waals surface area contributed by atoms with Crippen molar-refractivity contribution in [2.45, 2.75) is 18.6 Å². The van der Waals surface area contributed by atoms with Crippen LogP contribution in [0, 0.1) is 0 Å². The first-order valence-electron chi connectivity index (χ1n) is 5.41. The maximum absolute atomic E-state index is 12.1. The van der Waals surface area contributed by atoms with E-state index in [1.807, 2.05) is 0 Å². The minimum Gasteiger partial charge on any atom is -0.212 e. The summed E-state index contributed by atoms with van der Waals surface area (Å²) in [5.41, 5.74) is 0.489. The van der Waals surface area contributed by atoms with Crippen LogP contribution >= 0.6 is 23.2 Å². The monoisotopic (exact) mass is 293 g/mol. The minimum absolute atomic E-state index is 0.120. The van der Waals surface area contributed by atoms with Gasteiger partial charge in [-0.15, -0.1) is 0 Å². The van der Waals surface area contributed by atoms with E-state index in [0.717, 1.165) is 12.8 Å². The van der Waals surface area contributed by atoms with Crippen molar-refractivity contribution < 1.29 is 8.42 Å². The van der Waals surface area contributed by atoms with E-state index >= 15 is 0 Å². The summed E-state index contributed by atoms with van der Waals surface area (Å²) in [6.07, 6.45) is 1.85. The SMILES string of the molecule is O=S(=O)(Cc1c(Cl)cccc1Cl)N1CCCC1. The first-order valence-corrected chi connectivity index (χ1v) is 7.78. The molecule has 1 aromatic carbocycles. The molecule has 0 unspecified atom stereocenters. The molecule has 0 aliphatic carbocycles. The molecule has 1 aromatic rings. The van der Waals surface area contributed by atoms with Crippen molar-refractivity contribution in [2.75, 3.05) is 13.1 Å². The molecule has 17 heavy (non-hydrogen) atoms. The largest absolute Gasteiger partial charge is 0.218 e. The number of rotatable bonds is 3. The molecule has 94 valence electrons. The van der Waals surface area contributed by atoms with Gasteiger partial charge in [0.25, 0.3) is 0 Å². The number of halogens is 2. The van der Waals surface area contributed by atoms with Crippen molar-refractivity contribution in [1.29, 1.82) is 0 Å². The van der Waals surface area contributed by atoms with Crippen LogP contribution in [0.3, 0.4) is 0 Å². The minimum atomic E-state index is -3.29. The number of hydrogen-bond acceptors (Lipinski definition) is 2. The van der Waals surface area contributed by atoms with Crippen LogP contribution in [0.5, 0.6) is 0 Å². The van der Waals surface area contributed by atoms with Crippen molar-refractivity contribution in [1.82, 2.24) is 4.31 Å². The van der Waals surface area contributed by atoms with Crippen LogP contribution < -0.4 is 0 Å². The molecule has 2 rings (SSSR count). The van der Waals surface area contributed by atoms with Gasteiger partial charge in [0.15, 0.2) is 0 Å². The van der Waals surface area contributed by atoms with E-state index in [1.165, 1.54) is 4.31 Å². The van der Waals surface area contributed by atoms with Gasteiger partial charge in [0, 0.05) is 28.7 Å². The summed E-state index contributed by atoms with van der Waals surface area (Å²) in [4.78, 5) is 0. The van der Waals surface area contributed by atoms with Gasteiger partial charge >= 0.3 is 0 Å². The predicted octanol–water partition coefficient (Wildman–Crippen LogP) is 2.92. The third kappa shape index (κ3) is 2.94. The molecule has 0 N–H and O–H groups in total. The molecule has 0 saturated carbocycles. The third-order valence-corrected chi connectivity index (χ3v) is 5.36. The van der Waals surface area contributed by atoms with E-state index in [4.69, 9.17) is 23.2 Å². The van der Waals surface area contributed by atoms with Crippen LogP contribution in [0.15, 0.2) is 18.2 Å². The number of sulfonamides is 1. The van der Waals surface area contributed by atoms with Gasteiger partial charge < -0.3 is 0 Å². The summed E-state index contributed by atoms with van der Waals surface area (Å²) in [5.74, 6) is -0.120. The van der Waals surface area contributed by atoms with E-state index < -0.39 is 10.0 Å². The van der Waals surface area contributed by atoms with Gasteiger partial charge in [-0.25, -0.2) is 12.7 Å². The molecule has 6 heteroatoms. The molecule has 1 aliphatic rings. The molecule has 1 aliphatic heterocycles. The second-order valence-corrected chi connectivity index (χ2v) is 6.85. The zero-order chi connectivity index (χ0) is 12.5. The summed E-state index contributed by atoms with van der Waals surface area (Å²) >= 11 is 11.9. The zero-order valence-corrected chi connectivity index (χ0v) is 11.5. The van der Waals surface area contributed by atoms with Crippen molar-refractivity contribution >= 4 is 33.2 Å². The van der Waals surface area contributed by atoms with Gasteiger partial charge in [-0.2, -0.15) is 0 Å². The van der Waals surface area contributed by atoms with Gasteiger partial charge in [-0.05, 0) is 25.0 Å². The second kappa shape index (κ2) is 5.14. The predicted molar refractivity (Wildman–Crippen MR) is 69.9 cm³/mol. The van der Waals surface area contributed by atoms with E-state index in [9.17, 15) is 8.42 Å². The van der Waals surface area contributed by atoms with E-state index in [0.29, 0.717) is 28.7 Å². The van der Waals surface area contributed by atoms with E-state index in [2.05, 4.69) is 0 Å². The fraction of sp³-hybridized carbons (Fsp3) is 0.455. The first kappa shape index (κ1) is 13.1.